The van der Waals surface area contributed by atoms with Crippen molar-refractivity contribution in [1.82, 2.24) is 10.2 Å². The van der Waals surface area contributed by atoms with E-state index in [0.717, 1.165) is 19.5 Å². The molecule has 0 aromatic rings. The van der Waals surface area contributed by atoms with E-state index in [1.54, 1.807) is 0 Å². The molecule has 0 spiro atoms. The quantitative estimate of drug-likeness (QED) is 0.753. The minimum atomic E-state index is -0.0142. The Kier molecular flexibility index (Phi) is 6.62. The fourth-order valence-electron chi connectivity index (χ4n) is 1.65. The Morgan fingerprint density at radius 1 is 1.38 bits per heavy atom. The standard InChI is InChI=1S/C13H27N3/c1-7-15-12(10-14)8-9-16(6)11(2)13(3,4)5/h11-12,15H,7-9H2,1-6H3. The number of hydrogen-bond donors (Lipinski definition) is 1. The zero-order valence-corrected chi connectivity index (χ0v) is 11.7. The van der Waals surface area contributed by atoms with Gasteiger partial charge in [0.05, 0.1) is 12.1 Å². The fraction of sp³-hybridized carbons (Fsp3) is 0.923. The summed E-state index contributed by atoms with van der Waals surface area (Å²) in [4.78, 5) is 2.34. The Balaban J connectivity index is 4.06. The van der Waals surface area contributed by atoms with Gasteiger partial charge in [-0.25, -0.2) is 0 Å². The summed E-state index contributed by atoms with van der Waals surface area (Å²) in [6.45, 7) is 12.8. The van der Waals surface area contributed by atoms with Crippen molar-refractivity contribution in [3.63, 3.8) is 0 Å². The Labute approximate surface area is 101 Å². The molecule has 0 aliphatic rings. The zero-order valence-electron chi connectivity index (χ0n) is 11.7. The van der Waals surface area contributed by atoms with Gasteiger partial charge in [0.2, 0.25) is 0 Å². The van der Waals surface area contributed by atoms with Crippen molar-refractivity contribution in [1.29, 1.82) is 5.26 Å². The van der Waals surface area contributed by atoms with Gasteiger partial charge in [-0.15, -0.1) is 0 Å². The van der Waals surface area contributed by atoms with Crippen LogP contribution in [-0.2, 0) is 0 Å². The maximum atomic E-state index is 8.94. The molecule has 0 saturated heterocycles. The maximum Gasteiger partial charge on any atom is 0.0965 e. The van der Waals surface area contributed by atoms with Gasteiger partial charge in [-0.3, -0.25) is 0 Å². The van der Waals surface area contributed by atoms with Crippen LogP contribution in [0.2, 0.25) is 0 Å². The smallest absolute Gasteiger partial charge is 0.0965 e. The molecule has 0 aliphatic heterocycles. The molecule has 0 aromatic heterocycles. The molecule has 16 heavy (non-hydrogen) atoms. The second kappa shape index (κ2) is 6.88. The van der Waals surface area contributed by atoms with Crippen LogP contribution in [-0.4, -0.2) is 37.1 Å². The molecule has 0 saturated carbocycles. The molecule has 1 N–H and O–H groups in total. The Bertz CT molecular complexity index is 224. The van der Waals surface area contributed by atoms with Gasteiger partial charge < -0.3 is 10.2 Å². The third-order valence-electron chi connectivity index (χ3n) is 3.29. The highest BCUT2D eigenvalue weighted by Crippen LogP contribution is 2.22. The number of hydrogen-bond acceptors (Lipinski definition) is 3. The molecule has 0 rings (SSSR count). The molecule has 3 heteroatoms. The molecular weight excluding hydrogens is 198 g/mol. The summed E-state index contributed by atoms with van der Waals surface area (Å²) in [7, 11) is 2.14. The van der Waals surface area contributed by atoms with Crippen molar-refractivity contribution >= 4 is 0 Å². The molecule has 0 aliphatic carbocycles. The normalized spacial score (nSPS) is 15.9. The van der Waals surface area contributed by atoms with Crippen LogP contribution >= 0.6 is 0 Å². The van der Waals surface area contributed by atoms with Gasteiger partial charge in [0.25, 0.3) is 0 Å². The molecule has 0 bridgehead atoms. The zero-order chi connectivity index (χ0) is 12.8. The molecule has 3 nitrogen and oxygen atoms in total. The topological polar surface area (TPSA) is 39.1 Å². The van der Waals surface area contributed by atoms with Gasteiger partial charge in [-0.2, -0.15) is 5.26 Å². The molecular formula is C13H27N3. The monoisotopic (exact) mass is 225 g/mol. The second-order valence-electron chi connectivity index (χ2n) is 5.55. The van der Waals surface area contributed by atoms with Crippen LogP contribution < -0.4 is 5.32 Å². The lowest BCUT2D eigenvalue weighted by atomic mass is 9.87. The predicted octanol–water partition coefficient (Wildman–Crippen LogP) is 2.24. The van der Waals surface area contributed by atoms with Crippen molar-refractivity contribution in [2.45, 2.75) is 53.1 Å². The average molecular weight is 225 g/mol. The molecule has 94 valence electrons. The number of nitriles is 1. The van der Waals surface area contributed by atoms with Crippen LogP contribution in [0.15, 0.2) is 0 Å². The molecule has 0 heterocycles. The van der Waals surface area contributed by atoms with Crippen LogP contribution in [0, 0.1) is 16.7 Å². The fourth-order valence-corrected chi connectivity index (χ4v) is 1.65. The molecule has 0 radical (unpaired) electrons. The first-order valence-electron chi connectivity index (χ1n) is 6.16. The Morgan fingerprint density at radius 3 is 2.31 bits per heavy atom. The Morgan fingerprint density at radius 2 is 1.94 bits per heavy atom. The van der Waals surface area contributed by atoms with Crippen molar-refractivity contribution < 1.29 is 0 Å². The van der Waals surface area contributed by atoms with E-state index in [-0.39, 0.29) is 11.5 Å². The van der Waals surface area contributed by atoms with Crippen molar-refractivity contribution in [2.24, 2.45) is 5.41 Å². The van der Waals surface area contributed by atoms with Crippen LogP contribution in [0.5, 0.6) is 0 Å². The summed E-state index contributed by atoms with van der Waals surface area (Å²) >= 11 is 0. The average Bonchev–Trinajstić information content (AvgIpc) is 2.21. The van der Waals surface area contributed by atoms with E-state index in [0.29, 0.717) is 6.04 Å². The van der Waals surface area contributed by atoms with Crippen LogP contribution in [0.25, 0.3) is 0 Å². The van der Waals surface area contributed by atoms with E-state index in [1.165, 1.54) is 0 Å². The van der Waals surface area contributed by atoms with E-state index >= 15 is 0 Å². The van der Waals surface area contributed by atoms with E-state index in [9.17, 15) is 0 Å². The van der Waals surface area contributed by atoms with E-state index in [2.05, 4.69) is 51.0 Å². The van der Waals surface area contributed by atoms with Crippen molar-refractivity contribution in [2.75, 3.05) is 20.1 Å². The van der Waals surface area contributed by atoms with Crippen LogP contribution in [0.1, 0.15) is 41.0 Å². The molecule has 2 atom stereocenters. The summed E-state index contributed by atoms with van der Waals surface area (Å²) in [5, 5.41) is 12.1. The van der Waals surface area contributed by atoms with Gasteiger partial charge in [0, 0.05) is 12.6 Å². The van der Waals surface area contributed by atoms with Gasteiger partial charge in [0.15, 0.2) is 0 Å². The van der Waals surface area contributed by atoms with E-state index < -0.39 is 0 Å². The van der Waals surface area contributed by atoms with Gasteiger partial charge in [0.1, 0.15) is 0 Å². The molecule has 0 fully saturated rings. The number of nitrogens with zero attached hydrogens (tertiary/aromatic N) is 2. The largest absolute Gasteiger partial charge is 0.303 e. The minimum Gasteiger partial charge on any atom is -0.303 e. The summed E-state index contributed by atoms with van der Waals surface area (Å²) < 4.78 is 0. The number of nitrogens with one attached hydrogen (secondary N) is 1. The first-order valence-corrected chi connectivity index (χ1v) is 6.16. The van der Waals surface area contributed by atoms with Gasteiger partial charge in [-0.1, -0.05) is 27.7 Å². The first-order chi connectivity index (χ1) is 7.32. The lowest BCUT2D eigenvalue weighted by Crippen LogP contribution is -2.41. The van der Waals surface area contributed by atoms with Crippen LogP contribution in [0.4, 0.5) is 0 Å². The van der Waals surface area contributed by atoms with Crippen molar-refractivity contribution in [3.05, 3.63) is 0 Å². The third kappa shape index (κ3) is 5.48. The lowest BCUT2D eigenvalue weighted by molar-refractivity contribution is 0.138. The van der Waals surface area contributed by atoms with Crippen LogP contribution in [0.3, 0.4) is 0 Å². The summed E-state index contributed by atoms with van der Waals surface area (Å²) in [5.41, 5.74) is 0.287. The third-order valence-corrected chi connectivity index (χ3v) is 3.29. The van der Waals surface area contributed by atoms with E-state index in [4.69, 9.17) is 5.26 Å². The highest BCUT2D eigenvalue weighted by atomic mass is 15.1. The molecule has 0 amide bonds. The summed E-state index contributed by atoms with van der Waals surface area (Å²) in [6, 6.07) is 2.81. The number of rotatable bonds is 6. The maximum absolute atomic E-state index is 8.94. The van der Waals surface area contributed by atoms with E-state index in [1.807, 2.05) is 6.92 Å². The summed E-state index contributed by atoms with van der Waals surface area (Å²) in [5.74, 6) is 0. The highest BCUT2D eigenvalue weighted by Gasteiger charge is 2.23. The second-order valence-corrected chi connectivity index (χ2v) is 5.55. The Hall–Kier alpha value is -0.590. The summed E-state index contributed by atoms with van der Waals surface area (Å²) in [6.07, 6.45) is 0.890. The predicted molar refractivity (Wildman–Crippen MR) is 69.2 cm³/mol. The van der Waals surface area contributed by atoms with Gasteiger partial charge >= 0.3 is 0 Å². The van der Waals surface area contributed by atoms with Crippen molar-refractivity contribution in [3.8, 4) is 6.07 Å². The molecule has 0 aromatic carbocycles. The first kappa shape index (κ1) is 15.4. The molecule has 2 unspecified atom stereocenters. The minimum absolute atomic E-state index is 0.0142. The SMILES string of the molecule is CCNC(C#N)CCN(C)C(C)C(C)(C)C. The highest BCUT2D eigenvalue weighted by molar-refractivity contribution is 4.90. The lowest BCUT2D eigenvalue weighted by Gasteiger charge is -2.35. The van der Waals surface area contributed by atoms with Gasteiger partial charge in [-0.05, 0) is 32.4 Å².